The van der Waals surface area contributed by atoms with Crippen LogP contribution >= 0.6 is 0 Å². The Morgan fingerprint density at radius 2 is 1.77 bits per heavy atom. The van der Waals surface area contributed by atoms with Crippen molar-refractivity contribution in [2.75, 3.05) is 32.8 Å². The van der Waals surface area contributed by atoms with Gasteiger partial charge in [-0.15, -0.1) is 0 Å². The second-order valence-corrected chi connectivity index (χ2v) is 8.16. The van der Waals surface area contributed by atoms with E-state index in [1.807, 2.05) is 6.07 Å². The number of amides is 1. The highest BCUT2D eigenvalue weighted by atomic mass is 19.1. The first kappa shape index (κ1) is 21.6. The average molecular weight is 429 g/mol. The zero-order chi connectivity index (χ0) is 21.6. The van der Waals surface area contributed by atoms with E-state index in [0.717, 1.165) is 31.5 Å². The van der Waals surface area contributed by atoms with Gasteiger partial charge in [0.2, 0.25) is 5.91 Å². The molecule has 0 aromatic heterocycles. The first-order valence-electron chi connectivity index (χ1n) is 10.9. The van der Waals surface area contributed by atoms with Crippen LogP contribution in [0.4, 0.5) is 4.39 Å². The lowest BCUT2D eigenvalue weighted by Gasteiger charge is -2.29. The van der Waals surface area contributed by atoms with Gasteiger partial charge in [-0.05, 0) is 67.7 Å². The number of aryl methyl sites for hydroxylation is 1. The Kier molecular flexibility index (Phi) is 7.04. The van der Waals surface area contributed by atoms with Crippen LogP contribution in [0.1, 0.15) is 36.5 Å². The minimum absolute atomic E-state index is 0.134. The summed E-state index contributed by atoms with van der Waals surface area (Å²) < 4.78 is 24.3. The summed E-state index contributed by atoms with van der Waals surface area (Å²) in [5.74, 6) is 0.860. The summed E-state index contributed by atoms with van der Waals surface area (Å²) in [6, 6.07) is 11.1. The first-order chi connectivity index (χ1) is 15.1. The topological polar surface area (TPSA) is 71.0 Å². The molecule has 2 atom stereocenters. The molecule has 4 rings (SSSR count). The lowest BCUT2D eigenvalue weighted by Crippen LogP contribution is -2.46. The fourth-order valence-corrected chi connectivity index (χ4v) is 4.13. The molecule has 0 spiro atoms. The molecule has 2 aromatic rings. The molecule has 1 amide bonds. The molecule has 1 saturated heterocycles. The van der Waals surface area contributed by atoms with E-state index in [4.69, 9.17) is 9.47 Å². The fraction of sp³-hybridized carbons (Fsp3) is 0.458. The van der Waals surface area contributed by atoms with Crippen LogP contribution in [-0.4, -0.2) is 54.8 Å². The average Bonchev–Trinajstić information content (AvgIpc) is 3.30. The number of aliphatic hydroxyl groups excluding tert-OH is 1. The van der Waals surface area contributed by atoms with E-state index < -0.39 is 12.1 Å². The molecule has 2 N–H and O–H groups in total. The van der Waals surface area contributed by atoms with Crippen molar-refractivity contribution >= 4 is 5.91 Å². The van der Waals surface area contributed by atoms with E-state index in [2.05, 4.69) is 10.2 Å². The van der Waals surface area contributed by atoms with Crippen LogP contribution in [0.15, 0.2) is 42.5 Å². The third-order valence-corrected chi connectivity index (χ3v) is 5.84. The Morgan fingerprint density at radius 3 is 2.52 bits per heavy atom. The van der Waals surface area contributed by atoms with Crippen molar-refractivity contribution in [3.8, 4) is 11.5 Å². The number of benzene rings is 2. The largest absolute Gasteiger partial charge is 0.486 e. The van der Waals surface area contributed by atoms with E-state index in [9.17, 15) is 14.3 Å². The number of halogens is 1. The number of hydrogen-bond donors (Lipinski definition) is 2. The Bertz CT molecular complexity index is 884. The van der Waals surface area contributed by atoms with Crippen molar-refractivity contribution in [1.82, 2.24) is 10.2 Å². The van der Waals surface area contributed by atoms with Crippen LogP contribution in [0.25, 0.3) is 0 Å². The minimum atomic E-state index is -0.869. The molecule has 7 heteroatoms. The summed E-state index contributed by atoms with van der Waals surface area (Å²) in [6.45, 7) is 3.50. The van der Waals surface area contributed by atoms with E-state index in [-0.39, 0.29) is 18.1 Å². The molecule has 2 aliphatic heterocycles. The van der Waals surface area contributed by atoms with Gasteiger partial charge in [-0.2, -0.15) is 0 Å². The SMILES string of the molecule is O=C(CCc1ccc(F)cc1)N[C@H](CN1CCCC1)[C@@H](O)c1ccc2c(c1)OCCO2. The van der Waals surface area contributed by atoms with Crippen molar-refractivity contribution in [3.63, 3.8) is 0 Å². The van der Waals surface area contributed by atoms with Gasteiger partial charge in [0.15, 0.2) is 11.5 Å². The van der Waals surface area contributed by atoms with Crippen molar-refractivity contribution < 1.29 is 23.8 Å². The zero-order valence-corrected chi connectivity index (χ0v) is 17.6. The maximum Gasteiger partial charge on any atom is 0.220 e. The molecule has 0 bridgehead atoms. The summed E-state index contributed by atoms with van der Waals surface area (Å²) in [5.41, 5.74) is 1.59. The van der Waals surface area contributed by atoms with Crippen molar-refractivity contribution in [2.24, 2.45) is 0 Å². The molecule has 1 fully saturated rings. The normalized spacial score (nSPS) is 17.9. The molecule has 31 heavy (non-hydrogen) atoms. The fourth-order valence-electron chi connectivity index (χ4n) is 4.13. The van der Waals surface area contributed by atoms with Gasteiger partial charge in [-0.1, -0.05) is 18.2 Å². The molecular formula is C24H29FN2O4. The molecule has 166 valence electrons. The zero-order valence-electron chi connectivity index (χ0n) is 17.6. The predicted octanol–water partition coefficient (Wildman–Crippen LogP) is 2.84. The van der Waals surface area contributed by atoms with Gasteiger partial charge >= 0.3 is 0 Å². The van der Waals surface area contributed by atoms with Gasteiger partial charge in [0.05, 0.1) is 6.04 Å². The number of carbonyl (C=O) groups excluding carboxylic acids is 1. The molecule has 6 nitrogen and oxygen atoms in total. The lowest BCUT2D eigenvalue weighted by atomic mass is 10.0. The lowest BCUT2D eigenvalue weighted by molar-refractivity contribution is -0.122. The molecule has 2 aliphatic rings. The van der Waals surface area contributed by atoms with Gasteiger partial charge in [0, 0.05) is 13.0 Å². The van der Waals surface area contributed by atoms with E-state index in [1.165, 1.54) is 12.1 Å². The molecule has 0 unspecified atom stereocenters. The Balaban J connectivity index is 1.42. The summed E-state index contributed by atoms with van der Waals surface area (Å²) in [4.78, 5) is 14.9. The van der Waals surface area contributed by atoms with E-state index >= 15 is 0 Å². The summed E-state index contributed by atoms with van der Waals surface area (Å²) >= 11 is 0. The number of likely N-dealkylation sites (tertiary alicyclic amines) is 1. The summed E-state index contributed by atoms with van der Waals surface area (Å²) in [6.07, 6.45) is 2.18. The highest BCUT2D eigenvalue weighted by molar-refractivity contribution is 5.76. The molecule has 2 heterocycles. The number of fused-ring (bicyclic) bond motifs is 1. The summed E-state index contributed by atoms with van der Waals surface area (Å²) in [5, 5.41) is 14.2. The summed E-state index contributed by atoms with van der Waals surface area (Å²) in [7, 11) is 0. The van der Waals surface area contributed by atoms with Gasteiger partial charge in [-0.3, -0.25) is 4.79 Å². The molecular weight excluding hydrogens is 399 g/mol. The van der Waals surface area contributed by atoms with Crippen molar-refractivity contribution in [2.45, 2.75) is 37.8 Å². The van der Waals surface area contributed by atoms with Gasteiger partial charge in [0.25, 0.3) is 0 Å². The van der Waals surface area contributed by atoms with Crippen LogP contribution in [0.2, 0.25) is 0 Å². The smallest absolute Gasteiger partial charge is 0.220 e. The Morgan fingerprint density at radius 1 is 1.06 bits per heavy atom. The maximum atomic E-state index is 13.1. The predicted molar refractivity (Wildman–Crippen MR) is 115 cm³/mol. The van der Waals surface area contributed by atoms with Crippen molar-refractivity contribution in [3.05, 3.63) is 59.4 Å². The molecule has 0 radical (unpaired) electrons. The third kappa shape index (κ3) is 5.74. The second kappa shape index (κ2) is 10.1. The van der Waals surface area contributed by atoms with Crippen LogP contribution < -0.4 is 14.8 Å². The van der Waals surface area contributed by atoms with Gasteiger partial charge < -0.3 is 24.8 Å². The number of hydrogen-bond acceptors (Lipinski definition) is 5. The first-order valence-corrected chi connectivity index (χ1v) is 10.9. The van der Waals surface area contributed by atoms with Crippen LogP contribution in [0, 0.1) is 5.82 Å². The Hall–Kier alpha value is -2.64. The Labute approximate surface area is 182 Å². The van der Waals surface area contributed by atoms with Crippen LogP contribution in [-0.2, 0) is 11.2 Å². The van der Waals surface area contributed by atoms with Crippen molar-refractivity contribution in [1.29, 1.82) is 0 Å². The quantitative estimate of drug-likeness (QED) is 0.677. The van der Waals surface area contributed by atoms with E-state index in [1.54, 1.807) is 24.3 Å². The highest BCUT2D eigenvalue weighted by Gasteiger charge is 2.27. The molecule has 0 aliphatic carbocycles. The number of nitrogens with zero attached hydrogens (tertiary/aromatic N) is 1. The van der Waals surface area contributed by atoms with E-state index in [0.29, 0.717) is 43.2 Å². The van der Waals surface area contributed by atoms with Gasteiger partial charge in [0.1, 0.15) is 25.1 Å². The maximum absolute atomic E-state index is 13.1. The minimum Gasteiger partial charge on any atom is -0.486 e. The van der Waals surface area contributed by atoms with Crippen LogP contribution in [0.3, 0.4) is 0 Å². The number of rotatable bonds is 8. The van der Waals surface area contributed by atoms with Crippen LogP contribution in [0.5, 0.6) is 11.5 Å². The number of carbonyl (C=O) groups is 1. The standard InChI is InChI=1S/C24H29FN2O4/c25-19-7-3-17(4-8-19)5-10-23(28)26-20(16-27-11-1-2-12-27)24(29)18-6-9-21-22(15-18)31-14-13-30-21/h3-4,6-9,15,20,24,29H,1-2,5,10-14,16H2,(H,26,28)/t20-,24+/m1/s1. The second-order valence-electron chi connectivity index (χ2n) is 8.16. The monoisotopic (exact) mass is 428 g/mol. The third-order valence-electron chi connectivity index (χ3n) is 5.84. The number of ether oxygens (including phenoxy) is 2. The molecule has 0 saturated carbocycles. The number of aliphatic hydroxyl groups is 1. The van der Waals surface area contributed by atoms with Gasteiger partial charge in [-0.25, -0.2) is 4.39 Å². The molecule has 2 aromatic carbocycles. The number of nitrogens with one attached hydrogen (secondary N) is 1. The highest BCUT2D eigenvalue weighted by Crippen LogP contribution is 2.33.